The summed E-state index contributed by atoms with van der Waals surface area (Å²) >= 11 is 4.98. The number of amides is 1. The maximum Gasteiger partial charge on any atom is 0.254 e. The molecule has 0 bridgehead atoms. The van der Waals surface area contributed by atoms with Crippen LogP contribution in [-0.2, 0) is 0 Å². The summed E-state index contributed by atoms with van der Waals surface area (Å²) in [7, 11) is 0. The molecule has 1 saturated carbocycles. The fraction of sp³-hybridized carbons (Fsp3) is 0.615. The van der Waals surface area contributed by atoms with Gasteiger partial charge in [-0.3, -0.25) is 9.69 Å². The Labute approximate surface area is 120 Å². The lowest BCUT2D eigenvalue weighted by molar-refractivity contribution is 0.0632. The molecule has 0 spiro atoms. The summed E-state index contributed by atoms with van der Waals surface area (Å²) in [6.45, 7) is 5.06. The van der Waals surface area contributed by atoms with Crippen LogP contribution in [0.25, 0.3) is 0 Å². The molecule has 2 fully saturated rings. The van der Waals surface area contributed by atoms with Crippen molar-refractivity contribution in [2.24, 2.45) is 5.92 Å². The third-order valence-corrected chi connectivity index (χ3v) is 5.19. The number of nitrogens with zero attached hydrogens (tertiary/aromatic N) is 2. The molecule has 0 radical (unpaired) electrons. The molecule has 2 heterocycles. The fourth-order valence-corrected chi connectivity index (χ4v) is 3.53. The first-order valence-electron chi connectivity index (χ1n) is 6.48. The molecule has 1 aliphatic heterocycles. The zero-order valence-electron chi connectivity index (χ0n) is 10.3. The van der Waals surface area contributed by atoms with Crippen LogP contribution in [0.1, 0.15) is 23.2 Å². The van der Waals surface area contributed by atoms with Gasteiger partial charge >= 0.3 is 0 Å². The van der Waals surface area contributed by atoms with E-state index in [-0.39, 0.29) is 5.91 Å². The molecule has 5 heteroatoms. The number of thiophene rings is 1. The number of halogens is 1. The molecule has 1 saturated heterocycles. The van der Waals surface area contributed by atoms with E-state index in [2.05, 4.69) is 20.8 Å². The van der Waals surface area contributed by atoms with E-state index in [0.29, 0.717) is 0 Å². The molecule has 0 aromatic carbocycles. The Morgan fingerprint density at radius 3 is 2.61 bits per heavy atom. The van der Waals surface area contributed by atoms with Crippen molar-refractivity contribution in [2.75, 3.05) is 32.7 Å². The number of hydrogen-bond donors (Lipinski definition) is 0. The number of carbonyl (C=O) groups excluding carboxylic acids is 1. The molecule has 3 nitrogen and oxygen atoms in total. The van der Waals surface area contributed by atoms with Crippen LogP contribution < -0.4 is 0 Å². The lowest BCUT2D eigenvalue weighted by Gasteiger charge is -2.34. The predicted octanol–water partition coefficient (Wildman–Crippen LogP) is 2.68. The van der Waals surface area contributed by atoms with Gasteiger partial charge in [0.1, 0.15) is 0 Å². The summed E-state index contributed by atoms with van der Waals surface area (Å²) in [6, 6.07) is 1.92. The van der Waals surface area contributed by atoms with E-state index in [0.717, 1.165) is 41.4 Å². The standard InChI is InChI=1S/C13H17BrN2OS/c14-12-7-11(9-18-12)13(17)16-5-3-15(4-6-16)8-10-1-2-10/h7,9-10H,1-6,8H2. The Kier molecular flexibility index (Phi) is 3.73. The van der Waals surface area contributed by atoms with Gasteiger partial charge in [-0.2, -0.15) is 0 Å². The monoisotopic (exact) mass is 328 g/mol. The minimum atomic E-state index is 0.183. The highest BCUT2D eigenvalue weighted by Crippen LogP contribution is 2.30. The third-order valence-electron chi connectivity index (χ3n) is 3.69. The maximum atomic E-state index is 12.2. The van der Waals surface area contributed by atoms with E-state index >= 15 is 0 Å². The molecule has 0 atom stereocenters. The maximum absolute atomic E-state index is 12.2. The van der Waals surface area contributed by atoms with Gasteiger partial charge in [0.25, 0.3) is 5.91 Å². The van der Waals surface area contributed by atoms with Crippen molar-refractivity contribution in [3.05, 3.63) is 20.8 Å². The molecule has 1 aromatic rings. The zero-order valence-corrected chi connectivity index (χ0v) is 12.7. The smallest absolute Gasteiger partial charge is 0.254 e. The van der Waals surface area contributed by atoms with E-state index < -0.39 is 0 Å². The number of carbonyl (C=O) groups is 1. The summed E-state index contributed by atoms with van der Waals surface area (Å²) < 4.78 is 1.03. The van der Waals surface area contributed by atoms with Crippen LogP contribution in [0.2, 0.25) is 0 Å². The van der Waals surface area contributed by atoms with Gasteiger partial charge in [-0.05, 0) is 40.8 Å². The van der Waals surface area contributed by atoms with E-state index in [1.807, 2.05) is 16.3 Å². The lowest BCUT2D eigenvalue weighted by Crippen LogP contribution is -2.49. The van der Waals surface area contributed by atoms with Crippen LogP contribution in [-0.4, -0.2) is 48.4 Å². The predicted molar refractivity (Wildman–Crippen MR) is 77.1 cm³/mol. The summed E-state index contributed by atoms with van der Waals surface area (Å²) in [6.07, 6.45) is 2.81. The van der Waals surface area contributed by atoms with Crippen molar-refractivity contribution >= 4 is 33.2 Å². The minimum absolute atomic E-state index is 0.183. The highest BCUT2D eigenvalue weighted by molar-refractivity contribution is 9.11. The largest absolute Gasteiger partial charge is 0.336 e. The summed E-state index contributed by atoms with van der Waals surface area (Å²) in [5.41, 5.74) is 0.822. The average Bonchev–Trinajstić information content (AvgIpc) is 3.09. The van der Waals surface area contributed by atoms with Crippen molar-refractivity contribution in [2.45, 2.75) is 12.8 Å². The zero-order chi connectivity index (χ0) is 12.5. The second kappa shape index (κ2) is 5.31. The minimum Gasteiger partial charge on any atom is -0.336 e. The fourth-order valence-electron chi connectivity index (χ4n) is 2.40. The number of hydrogen-bond acceptors (Lipinski definition) is 3. The average molecular weight is 329 g/mol. The Morgan fingerprint density at radius 1 is 1.33 bits per heavy atom. The number of rotatable bonds is 3. The molecule has 98 valence electrons. The van der Waals surface area contributed by atoms with Gasteiger partial charge in [0.05, 0.1) is 9.35 Å². The van der Waals surface area contributed by atoms with Gasteiger partial charge in [0.15, 0.2) is 0 Å². The van der Waals surface area contributed by atoms with Crippen LogP contribution in [0.5, 0.6) is 0 Å². The van der Waals surface area contributed by atoms with Gasteiger partial charge in [-0.25, -0.2) is 0 Å². The lowest BCUT2D eigenvalue weighted by atomic mass is 10.2. The van der Waals surface area contributed by atoms with Gasteiger partial charge in [-0.15, -0.1) is 11.3 Å². The molecular weight excluding hydrogens is 312 g/mol. The summed E-state index contributed by atoms with van der Waals surface area (Å²) in [4.78, 5) is 16.7. The highest BCUT2D eigenvalue weighted by Gasteiger charge is 2.28. The molecule has 18 heavy (non-hydrogen) atoms. The molecule has 1 aliphatic carbocycles. The van der Waals surface area contributed by atoms with E-state index in [1.165, 1.54) is 19.4 Å². The van der Waals surface area contributed by atoms with Crippen molar-refractivity contribution in [3.8, 4) is 0 Å². The van der Waals surface area contributed by atoms with Crippen molar-refractivity contribution in [3.63, 3.8) is 0 Å². The first kappa shape index (κ1) is 12.6. The molecule has 1 amide bonds. The van der Waals surface area contributed by atoms with Crippen LogP contribution in [0.15, 0.2) is 15.2 Å². The molecule has 1 aromatic heterocycles. The van der Waals surface area contributed by atoms with Gasteiger partial charge in [0.2, 0.25) is 0 Å². The second-order valence-electron chi connectivity index (χ2n) is 5.18. The van der Waals surface area contributed by atoms with Crippen molar-refractivity contribution in [1.29, 1.82) is 0 Å². The van der Waals surface area contributed by atoms with Gasteiger partial charge in [0, 0.05) is 38.1 Å². The third kappa shape index (κ3) is 2.95. The van der Waals surface area contributed by atoms with E-state index in [4.69, 9.17) is 0 Å². The SMILES string of the molecule is O=C(c1csc(Br)c1)N1CCN(CC2CC2)CC1. The van der Waals surface area contributed by atoms with E-state index in [9.17, 15) is 4.79 Å². The first-order chi connectivity index (χ1) is 8.72. The Bertz CT molecular complexity index is 436. The van der Waals surface area contributed by atoms with Crippen LogP contribution in [0.3, 0.4) is 0 Å². The normalized spacial score (nSPS) is 21.3. The number of piperazine rings is 1. The molecule has 3 rings (SSSR count). The van der Waals surface area contributed by atoms with E-state index in [1.54, 1.807) is 11.3 Å². The van der Waals surface area contributed by atoms with Gasteiger partial charge in [-0.1, -0.05) is 0 Å². The molecule has 2 aliphatic rings. The summed E-state index contributed by atoms with van der Waals surface area (Å²) in [5, 5.41) is 1.93. The van der Waals surface area contributed by atoms with Gasteiger partial charge < -0.3 is 4.90 Å². The van der Waals surface area contributed by atoms with Crippen LogP contribution in [0, 0.1) is 5.92 Å². The first-order valence-corrected chi connectivity index (χ1v) is 8.15. The van der Waals surface area contributed by atoms with Crippen molar-refractivity contribution in [1.82, 2.24) is 9.80 Å². The topological polar surface area (TPSA) is 23.6 Å². The quantitative estimate of drug-likeness (QED) is 0.851. The molecular formula is C13H17BrN2OS. The Balaban J connectivity index is 1.53. The highest BCUT2D eigenvalue weighted by atomic mass is 79.9. The molecule has 0 unspecified atom stereocenters. The van der Waals surface area contributed by atoms with Crippen molar-refractivity contribution < 1.29 is 4.79 Å². The van der Waals surface area contributed by atoms with Crippen LogP contribution >= 0.6 is 27.3 Å². The molecule has 0 N–H and O–H groups in total. The Morgan fingerprint density at radius 2 is 2.06 bits per heavy atom. The Hall–Kier alpha value is -0.390. The second-order valence-corrected chi connectivity index (χ2v) is 7.47. The summed E-state index contributed by atoms with van der Waals surface area (Å²) in [5.74, 6) is 1.13. The van der Waals surface area contributed by atoms with Crippen LogP contribution in [0.4, 0.5) is 0 Å².